The van der Waals surface area contributed by atoms with E-state index in [1.54, 1.807) is 26.0 Å². The molecule has 2 bridgehead atoms. The maximum Gasteiger partial charge on any atom is 0.350 e. The van der Waals surface area contributed by atoms with Crippen LogP contribution in [0.5, 0.6) is 0 Å². The van der Waals surface area contributed by atoms with Gasteiger partial charge in [0.25, 0.3) is 0 Å². The van der Waals surface area contributed by atoms with E-state index in [4.69, 9.17) is 14.2 Å². The molecular weight excluding hydrogens is 378 g/mol. The van der Waals surface area contributed by atoms with Crippen LogP contribution in [0, 0.1) is 5.92 Å². The molecule has 160 valence electrons. The van der Waals surface area contributed by atoms with Crippen LogP contribution in [0.25, 0.3) is 0 Å². The third-order valence-electron chi connectivity index (χ3n) is 5.48. The summed E-state index contributed by atoms with van der Waals surface area (Å²) in [6.07, 6.45) is 2.78. The van der Waals surface area contributed by atoms with Crippen molar-refractivity contribution < 1.29 is 33.4 Å². The normalized spacial score (nSPS) is 31.4. The van der Waals surface area contributed by atoms with Gasteiger partial charge in [-0.15, -0.1) is 0 Å². The first-order chi connectivity index (χ1) is 13.6. The average Bonchev–Trinajstić information content (AvgIpc) is 2.65. The highest BCUT2D eigenvalue weighted by molar-refractivity contribution is 6.01. The number of carbonyl (C=O) groups is 4. The Balaban J connectivity index is 2.48. The van der Waals surface area contributed by atoms with Crippen LogP contribution in [0.4, 0.5) is 0 Å². The monoisotopic (exact) mass is 407 g/mol. The van der Waals surface area contributed by atoms with Crippen molar-refractivity contribution in [3.63, 3.8) is 0 Å². The zero-order valence-corrected chi connectivity index (χ0v) is 17.6. The summed E-state index contributed by atoms with van der Waals surface area (Å²) >= 11 is 0. The first-order valence-electron chi connectivity index (χ1n) is 9.73. The molecule has 0 saturated carbocycles. The molecule has 2 rings (SSSR count). The highest BCUT2D eigenvalue weighted by Gasteiger charge is 2.45. The second-order valence-electron chi connectivity index (χ2n) is 7.73. The SMILES string of the molecule is CC=C1C[C@@H](C)[C@](C)(OC(C)=O)C(=O)OCC2=CCN(C)CC[C@@H](OC1=O)C2=O. The topological polar surface area (TPSA) is 99.2 Å². The fourth-order valence-corrected chi connectivity index (χ4v) is 3.35. The van der Waals surface area contributed by atoms with Crippen LogP contribution in [-0.2, 0) is 33.4 Å². The van der Waals surface area contributed by atoms with E-state index in [0.717, 1.165) is 0 Å². The molecule has 0 aromatic carbocycles. The molecule has 8 heteroatoms. The summed E-state index contributed by atoms with van der Waals surface area (Å²) in [4.78, 5) is 52.1. The van der Waals surface area contributed by atoms with Crippen LogP contribution < -0.4 is 0 Å². The summed E-state index contributed by atoms with van der Waals surface area (Å²) in [5, 5.41) is 0. The van der Waals surface area contributed by atoms with E-state index < -0.39 is 35.5 Å². The van der Waals surface area contributed by atoms with Gasteiger partial charge in [-0.1, -0.05) is 19.1 Å². The number of cyclic esters (lactones) is 1. The maximum atomic E-state index is 12.9. The number of nitrogens with zero attached hydrogens (tertiary/aromatic N) is 1. The Morgan fingerprint density at radius 2 is 2.03 bits per heavy atom. The van der Waals surface area contributed by atoms with Crippen molar-refractivity contribution in [2.45, 2.75) is 52.2 Å². The lowest BCUT2D eigenvalue weighted by Gasteiger charge is -2.34. The lowest BCUT2D eigenvalue weighted by atomic mass is 9.84. The third kappa shape index (κ3) is 5.32. The molecule has 1 fully saturated rings. The quantitative estimate of drug-likeness (QED) is 0.367. The van der Waals surface area contributed by atoms with Gasteiger partial charge in [-0.25, -0.2) is 9.59 Å². The number of fused-ring (bicyclic) bond motifs is 2. The van der Waals surface area contributed by atoms with E-state index in [9.17, 15) is 19.2 Å². The summed E-state index contributed by atoms with van der Waals surface area (Å²) in [5.41, 5.74) is -1.05. The molecule has 0 aromatic rings. The molecule has 0 aliphatic carbocycles. The van der Waals surface area contributed by atoms with Gasteiger partial charge >= 0.3 is 17.9 Å². The number of Topliss-reactive ketones (excluding diaryl/α,β-unsaturated/α-hetero) is 1. The molecule has 1 saturated heterocycles. The molecule has 2 aliphatic heterocycles. The molecule has 29 heavy (non-hydrogen) atoms. The highest BCUT2D eigenvalue weighted by Crippen LogP contribution is 2.31. The van der Waals surface area contributed by atoms with E-state index in [1.165, 1.54) is 13.8 Å². The average molecular weight is 407 g/mol. The Hall–Kier alpha value is -2.48. The van der Waals surface area contributed by atoms with E-state index in [-0.39, 0.29) is 24.4 Å². The molecule has 0 unspecified atom stereocenters. The molecule has 0 amide bonds. The lowest BCUT2D eigenvalue weighted by Crippen LogP contribution is -2.48. The summed E-state index contributed by atoms with van der Waals surface area (Å²) in [5.74, 6) is -2.95. The zero-order valence-electron chi connectivity index (χ0n) is 17.6. The standard InChI is InChI=1S/C21H29NO7/c1-6-15-11-13(2)21(4,29-14(3)23)20(26)27-12-16-7-9-22(5)10-8-17(18(16)24)28-19(15)25/h6-7,13,17H,8-12H2,1-5H3/t13-,17-,21+/m1/s1. The van der Waals surface area contributed by atoms with Crippen molar-refractivity contribution in [1.29, 1.82) is 0 Å². The van der Waals surface area contributed by atoms with Crippen molar-refractivity contribution in [3.8, 4) is 0 Å². The summed E-state index contributed by atoms with van der Waals surface area (Å²) in [6.45, 7) is 6.83. The molecular formula is C21H29NO7. The molecule has 8 nitrogen and oxygen atoms in total. The minimum atomic E-state index is -1.61. The summed E-state index contributed by atoms with van der Waals surface area (Å²) < 4.78 is 16.3. The number of allylic oxidation sites excluding steroid dienone is 1. The van der Waals surface area contributed by atoms with Gasteiger partial charge in [0, 0.05) is 43.5 Å². The number of carbonyl (C=O) groups excluding carboxylic acids is 4. The lowest BCUT2D eigenvalue weighted by molar-refractivity contribution is -0.185. The van der Waals surface area contributed by atoms with Crippen LogP contribution in [0.15, 0.2) is 23.3 Å². The minimum Gasteiger partial charge on any atom is -0.458 e. The van der Waals surface area contributed by atoms with Gasteiger partial charge in [0.05, 0.1) is 0 Å². The third-order valence-corrected chi connectivity index (χ3v) is 5.48. The van der Waals surface area contributed by atoms with Crippen LogP contribution in [0.3, 0.4) is 0 Å². The fraction of sp³-hybridized carbons (Fsp3) is 0.619. The Morgan fingerprint density at radius 1 is 1.34 bits per heavy atom. The van der Waals surface area contributed by atoms with E-state index >= 15 is 0 Å². The summed E-state index contributed by atoms with van der Waals surface area (Å²) in [7, 11) is 1.88. The smallest absolute Gasteiger partial charge is 0.350 e. The van der Waals surface area contributed by atoms with Gasteiger partial charge in [-0.3, -0.25) is 9.59 Å². The summed E-state index contributed by atoms with van der Waals surface area (Å²) in [6, 6.07) is 0. The molecule has 0 aromatic heterocycles. The van der Waals surface area contributed by atoms with E-state index in [2.05, 4.69) is 0 Å². The first-order valence-corrected chi connectivity index (χ1v) is 9.73. The van der Waals surface area contributed by atoms with Crippen LogP contribution in [-0.4, -0.2) is 67.0 Å². The van der Waals surface area contributed by atoms with Crippen molar-refractivity contribution in [3.05, 3.63) is 23.3 Å². The highest BCUT2D eigenvalue weighted by atomic mass is 16.6. The molecule has 3 atom stereocenters. The second-order valence-corrected chi connectivity index (χ2v) is 7.73. The Kier molecular flexibility index (Phi) is 7.35. The number of esters is 3. The Bertz CT molecular complexity index is 754. The molecule has 0 N–H and O–H groups in total. The maximum absolute atomic E-state index is 12.9. The van der Waals surface area contributed by atoms with E-state index in [1.807, 2.05) is 11.9 Å². The molecule has 0 radical (unpaired) electrons. The van der Waals surface area contributed by atoms with Gasteiger partial charge in [0.15, 0.2) is 6.10 Å². The number of rotatable bonds is 1. The number of likely N-dealkylation sites (N-methyl/N-ethyl adjacent to an activating group) is 1. The number of hydrogen-bond donors (Lipinski definition) is 0. The van der Waals surface area contributed by atoms with Crippen LogP contribution in [0.1, 0.15) is 40.5 Å². The van der Waals surface area contributed by atoms with Crippen molar-refractivity contribution in [1.82, 2.24) is 4.90 Å². The van der Waals surface area contributed by atoms with Gasteiger partial charge in [0.1, 0.15) is 6.61 Å². The number of ether oxygens (including phenoxy) is 3. The fourth-order valence-electron chi connectivity index (χ4n) is 3.35. The molecule has 0 spiro atoms. The van der Waals surface area contributed by atoms with E-state index in [0.29, 0.717) is 25.1 Å². The van der Waals surface area contributed by atoms with Crippen molar-refractivity contribution in [2.24, 2.45) is 5.92 Å². The molecule has 2 aliphatic rings. The van der Waals surface area contributed by atoms with Crippen molar-refractivity contribution in [2.75, 3.05) is 26.7 Å². The van der Waals surface area contributed by atoms with Gasteiger partial charge in [-0.05, 0) is 27.3 Å². The minimum absolute atomic E-state index is 0.123. The van der Waals surface area contributed by atoms with Crippen LogP contribution in [0.2, 0.25) is 0 Å². The van der Waals surface area contributed by atoms with Gasteiger partial charge in [0.2, 0.25) is 11.4 Å². The molecule has 2 heterocycles. The number of hydrogen-bond acceptors (Lipinski definition) is 8. The second kappa shape index (κ2) is 9.35. The largest absolute Gasteiger partial charge is 0.458 e. The van der Waals surface area contributed by atoms with Crippen molar-refractivity contribution >= 4 is 23.7 Å². The Labute approximate surface area is 170 Å². The predicted molar refractivity (Wildman–Crippen MR) is 104 cm³/mol. The zero-order chi connectivity index (χ0) is 21.8. The number of ketones is 1. The first kappa shape index (κ1) is 22.8. The van der Waals surface area contributed by atoms with Gasteiger partial charge < -0.3 is 19.1 Å². The van der Waals surface area contributed by atoms with Crippen LogP contribution >= 0.6 is 0 Å². The van der Waals surface area contributed by atoms with Gasteiger partial charge in [-0.2, -0.15) is 0 Å². The predicted octanol–water partition coefficient (Wildman–Crippen LogP) is 1.58. The Morgan fingerprint density at radius 3 is 2.66 bits per heavy atom.